The molecule has 1 fully saturated rings. The molecule has 0 bridgehead atoms. The summed E-state index contributed by atoms with van der Waals surface area (Å²) in [6.07, 6.45) is 3.75. The highest BCUT2D eigenvalue weighted by Crippen LogP contribution is 2.32. The number of aromatic nitrogens is 1. The molecule has 1 aromatic carbocycles. The number of hydrogen-bond acceptors (Lipinski definition) is 5. The molecule has 0 unspecified atom stereocenters. The monoisotopic (exact) mass is 343 g/mol. The van der Waals surface area contributed by atoms with E-state index in [0.717, 1.165) is 30.2 Å². The fraction of sp³-hybridized carbons (Fsp3) is 0.474. The number of carbonyl (C=O) groups is 1. The number of fused-ring (bicyclic) bond motifs is 1. The highest BCUT2D eigenvalue weighted by molar-refractivity contribution is 6.01. The Labute approximate surface area is 147 Å². The van der Waals surface area contributed by atoms with Crippen LogP contribution >= 0.6 is 0 Å². The van der Waals surface area contributed by atoms with Crippen LogP contribution < -0.4 is 20.5 Å². The predicted molar refractivity (Wildman–Crippen MR) is 97.1 cm³/mol. The van der Waals surface area contributed by atoms with Crippen molar-refractivity contribution in [2.75, 3.05) is 6.54 Å². The Kier molecular flexibility index (Phi) is 5.08. The highest BCUT2D eigenvalue weighted by atomic mass is 16.5. The van der Waals surface area contributed by atoms with Gasteiger partial charge in [-0.05, 0) is 63.7 Å². The van der Waals surface area contributed by atoms with E-state index in [1.54, 1.807) is 18.3 Å². The zero-order chi connectivity index (χ0) is 18.0. The normalized spacial score (nSPS) is 20.6. The van der Waals surface area contributed by atoms with Crippen molar-refractivity contribution in [3.8, 4) is 11.6 Å². The summed E-state index contributed by atoms with van der Waals surface area (Å²) < 4.78 is 12.0. The first-order chi connectivity index (χ1) is 12.0. The summed E-state index contributed by atoms with van der Waals surface area (Å²) in [5.41, 5.74) is 5.88. The number of benzene rings is 1. The van der Waals surface area contributed by atoms with Crippen molar-refractivity contribution in [1.82, 2.24) is 10.3 Å². The maximum absolute atomic E-state index is 11.8. The van der Waals surface area contributed by atoms with Gasteiger partial charge in [0, 0.05) is 17.6 Å². The standard InChI is InChI=1S/C19H25N3O3/c1-11(2)24-17-10-14-13(9-15(17)18(20)23)6-8-22-19(14)25-16-5-4-7-21-12(16)3/h6,8-12,16,21H,4-5,7H2,1-3H3,(H2,20,23)/t12-,16+/m0/s1. The summed E-state index contributed by atoms with van der Waals surface area (Å²) in [7, 11) is 0. The van der Waals surface area contributed by atoms with Crippen molar-refractivity contribution in [3.63, 3.8) is 0 Å². The lowest BCUT2D eigenvalue weighted by Gasteiger charge is -2.30. The van der Waals surface area contributed by atoms with Crippen molar-refractivity contribution >= 4 is 16.7 Å². The van der Waals surface area contributed by atoms with E-state index in [0.29, 0.717) is 17.2 Å². The Hall–Kier alpha value is -2.34. The van der Waals surface area contributed by atoms with Gasteiger partial charge in [-0.3, -0.25) is 4.79 Å². The number of primary amides is 1. The smallest absolute Gasteiger partial charge is 0.252 e. The van der Waals surface area contributed by atoms with Crippen molar-refractivity contribution in [2.45, 2.75) is 51.9 Å². The Morgan fingerprint density at radius 1 is 1.40 bits per heavy atom. The Morgan fingerprint density at radius 2 is 2.20 bits per heavy atom. The lowest BCUT2D eigenvalue weighted by molar-refractivity contribution is 0.0994. The summed E-state index contributed by atoms with van der Waals surface area (Å²) in [4.78, 5) is 16.2. The van der Waals surface area contributed by atoms with Gasteiger partial charge in [0.2, 0.25) is 5.88 Å². The zero-order valence-corrected chi connectivity index (χ0v) is 14.9. The molecule has 134 valence electrons. The van der Waals surface area contributed by atoms with E-state index in [1.165, 1.54) is 0 Å². The van der Waals surface area contributed by atoms with Crippen LogP contribution in [0.1, 0.15) is 44.0 Å². The lowest BCUT2D eigenvalue weighted by Crippen LogP contribution is -2.45. The van der Waals surface area contributed by atoms with Crippen LogP contribution in [-0.4, -0.2) is 35.7 Å². The van der Waals surface area contributed by atoms with Crippen LogP contribution in [0, 0.1) is 0 Å². The molecule has 1 aliphatic rings. The van der Waals surface area contributed by atoms with E-state index in [2.05, 4.69) is 17.2 Å². The third-order valence-corrected chi connectivity index (χ3v) is 4.41. The zero-order valence-electron chi connectivity index (χ0n) is 14.9. The minimum Gasteiger partial charge on any atom is -0.490 e. The van der Waals surface area contributed by atoms with Crippen LogP contribution in [-0.2, 0) is 0 Å². The van der Waals surface area contributed by atoms with Crippen molar-refractivity contribution in [1.29, 1.82) is 0 Å². The van der Waals surface area contributed by atoms with Gasteiger partial charge < -0.3 is 20.5 Å². The molecule has 1 aliphatic heterocycles. The molecule has 1 aromatic heterocycles. The average molecular weight is 343 g/mol. The maximum atomic E-state index is 11.8. The molecule has 0 spiro atoms. The molecule has 0 saturated carbocycles. The molecule has 0 radical (unpaired) electrons. The molecule has 3 N–H and O–H groups in total. The van der Waals surface area contributed by atoms with Gasteiger partial charge in [0.05, 0.1) is 11.7 Å². The van der Waals surface area contributed by atoms with Crippen LogP contribution in [0.25, 0.3) is 10.8 Å². The fourth-order valence-electron chi connectivity index (χ4n) is 3.13. The van der Waals surface area contributed by atoms with Gasteiger partial charge in [-0.1, -0.05) is 0 Å². The van der Waals surface area contributed by atoms with Gasteiger partial charge in [-0.2, -0.15) is 0 Å². The first-order valence-corrected chi connectivity index (χ1v) is 8.75. The molecule has 6 heteroatoms. The molecule has 1 saturated heterocycles. The van der Waals surface area contributed by atoms with Crippen LogP contribution in [0.15, 0.2) is 24.4 Å². The maximum Gasteiger partial charge on any atom is 0.252 e. The van der Waals surface area contributed by atoms with Gasteiger partial charge in [-0.15, -0.1) is 0 Å². The molecule has 25 heavy (non-hydrogen) atoms. The minimum absolute atomic E-state index is 0.0668. The van der Waals surface area contributed by atoms with Crippen molar-refractivity contribution in [2.24, 2.45) is 5.73 Å². The number of piperidine rings is 1. The second-order valence-electron chi connectivity index (χ2n) is 6.76. The number of carbonyl (C=O) groups excluding carboxylic acids is 1. The molecule has 2 heterocycles. The third kappa shape index (κ3) is 3.85. The Bertz CT molecular complexity index is 776. The lowest BCUT2D eigenvalue weighted by atomic mass is 10.0. The first kappa shape index (κ1) is 17.5. The molecule has 3 rings (SSSR count). The number of nitrogens with zero attached hydrogens (tertiary/aromatic N) is 1. The quantitative estimate of drug-likeness (QED) is 0.871. The minimum atomic E-state index is -0.512. The van der Waals surface area contributed by atoms with E-state index >= 15 is 0 Å². The molecular weight excluding hydrogens is 318 g/mol. The Morgan fingerprint density at radius 3 is 2.88 bits per heavy atom. The predicted octanol–water partition coefficient (Wildman–Crippen LogP) is 2.64. The van der Waals surface area contributed by atoms with Crippen molar-refractivity contribution in [3.05, 3.63) is 30.0 Å². The van der Waals surface area contributed by atoms with E-state index in [1.807, 2.05) is 19.9 Å². The second-order valence-corrected chi connectivity index (χ2v) is 6.76. The molecule has 6 nitrogen and oxygen atoms in total. The van der Waals surface area contributed by atoms with Crippen LogP contribution in [0.2, 0.25) is 0 Å². The summed E-state index contributed by atoms with van der Waals surface area (Å²) >= 11 is 0. The van der Waals surface area contributed by atoms with Gasteiger partial charge >= 0.3 is 0 Å². The van der Waals surface area contributed by atoms with E-state index in [9.17, 15) is 4.79 Å². The number of pyridine rings is 1. The molecule has 2 aromatic rings. The second kappa shape index (κ2) is 7.27. The fourth-order valence-corrected chi connectivity index (χ4v) is 3.13. The number of nitrogens with two attached hydrogens (primary N) is 1. The SMILES string of the molecule is CC(C)Oc1cc2c(O[C@@H]3CCCN[C@H]3C)nccc2cc1C(N)=O. The highest BCUT2D eigenvalue weighted by Gasteiger charge is 2.24. The van der Waals surface area contributed by atoms with Crippen LogP contribution in [0.5, 0.6) is 11.6 Å². The van der Waals surface area contributed by atoms with E-state index in [-0.39, 0.29) is 18.2 Å². The average Bonchev–Trinajstić information content (AvgIpc) is 2.56. The van der Waals surface area contributed by atoms with Gasteiger partial charge in [0.1, 0.15) is 11.9 Å². The van der Waals surface area contributed by atoms with Crippen LogP contribution in [0.4, 0.5) is 0 Å². The first-order valence-electron chi connectivity index (χ1n) is 8.75. The number of nitrogens with one attached hydrogen (secondary N) is 1. The molecule has 1 amide bonds. The number of amides is 1. The van der Waals surface area contributed by atoms with Gasteiger partial charge in [-0.25, -0.2) is 4.98 Å². The van der Waals surface area contributed by atoms with Gasteiger partial charge in [0.25, 0.3) is 5.91 Å². The summed E-state index contributed by atoms with van der Waals surface area (Å²) in [5, 5.41) is 5.10. The Balaban J connectivity index is 2.02. The molecule has 2 atom stereocenters. The summed E-state index contributed by atoms with van der Waals surface area (Å²) in [6, 6.07) is 5.66. The largest absolute Gasteiger partial charge is 0.490 e. The van der Waals surface area contributed by atoms with Gasteiger partial charge in [0.15, 0.2) is 0 Å². The molecule has 0 aliphatic carbocycles. The molecular formula is C19H25N3O3. The summed E-state index contributed by atoms with van der Waals surface area (Å²) in [6.45, 7) is 6.95. The number of hydrogen-bond donors (Lipinski definition) is 2. The van der Waals surface area contributed by atoms with E-state index < -0.39 is 5.91 Å². The van der Waals surface area contributed by atoms with E-state index in [4.69, 9.17) is 15.2 Å². The summed E-state index contributed by atoms with van der Waals surface area (Å²) in [5.74, 6) is 0.507. The van der Waals surface area contributed by atoms with Crippen molar-refractivity contribution < 1.29 is 14.3 Å². The van der Waals surface area contributed by atoms with Crippen LogP contribution in [0.3, 0.4) is 0 Å². The third-order valence-electron chi connectivity index (χ3n) is 4.41. The number of rotatable bonds is 5. The number of ether oxygens (including phenoxy) is 2. The topological polar surface area (TPSA) is 86.5 Å².